The molecule has 3 aliphatic rings. The molecule has 1 aromatic carbocycles. The fraction of sp³-hybridized carbons (Fsp3) is 0.579. The predicted molar refractivity (Wildman–Crippen MR) is 98.4 cm³/mol. The van der Waals surface area contributed by atoms with Crippen molar-refractivity contribution in [2.24, 2.45) is 15.9 Å². The number of nitrogens with zero attached hydrogens (tertiary/aromatic N) is 3. The second-order valence-electron chi connectivity index (χ2n) is 7.07. The van der Waals surface area contributed by atoms with Crippen molar-refractivity contribution in [3.63, 3.8) is 0 Å². The quantitative estimate of drug-likeness (QED) is 0.890. The molecular weight excluding hydrogens is 316 g/mol. The zero-order valence-electron chi connectivity index (χ0n) is 14.8. The first kappa shape index (κ1) is 16.4. The highest BCUT2D eigenvalue weighted by atomic mass is 16.6. The van der Waals surface area contributed by atoms with Gasteiger partial charge in [0, 0.05) is 37.7 Å². The van der Waals surface area contributed by atoms with Crippen LogP contribution in [-0.4, -0.2) is 55.3 Å². The summed E-state index contributed by atoms with van der Waals surface area (Å²) in [7, 11) is 2.08. The fourth-order valence-electron chi connectivity index (χ4n) is 3.74. The van der Waals surface area contributed by atoms with Crippen LogP contribution in [0.3, 0.4) is 0 Å². The molecule has 0 saturated heterocycles. The number of hydrogen-bond donors (Lipinski definition) is 1. The number of hydrogen-bond acceptors (Lipinski definition) is 6. The smallest absolute Gasteiger partial charge is 0.145 e. The number of likely N-dealkylation sites (N-methyl/N-ethyl adjacent to an activating group) is 1. The van der Waals surface area contributed by atoms with Gasteiger partial charge in [0.1, 0.15) is 17.7 Å². The minimum atomic E-state index is -0.0284. The van der Waals surface area contributed by atoms with E-state index in [2.05, 4.69) is 40.3 Å². The summed E-state index contributed by atoms with van der Waals surface area (Å²) in [5, 5.41) is 4.25. The first-order valence-electron chi connectivity index (χ1n) is 9.24. The van der Waals surface area contributed by atoms with Crippen molar-refractivity contribution in [3.8, 4) is 5.75 Å². The zero-order valence-corrected chi connectivity index (χ0v) is 14.8. The molecule has 2 heterocycles. The number of amidine groups is 1. The molecule has 0 amide bonds. The van der Waals surface area contributed by atoms with Gasteiger partial charge in [-0.2, -0.15) is 0 Å². The molecule has 1 saturated carbocycles. The monoisotopic (exact) mass is 342 g/mol. The summed E-state index contributed by atoms with van der Waals surface area (Å²) in [6.45, 7) is 2.30. The number of benzene rings is 1. The van der Waals surface area contributed by atoms with E-state index >= 15 is 0 Å². The first-order valence-corrected chi connectivity index (χ1v) is 9.24. The van der Waals surface area contributed by atoms with Crippen molar-refractivity contribution in [2.75, 3.05) is 26.7 Å². The largest absolute Gasteiger partial charge is 0.490 e. The second-order valence-corrected chi connectivity index (χ2v) is 7.07. The number of ether oxygens (including phenoxy) is 1. The Kier molecular flexibility index (Phi) is 4.61. The number of rotatable bonds is 5. The standard InChI is InChI=1S/C19H26N4O2/c1-23-9-8-21-19(23)13-6-7-16(17-11-15(12-20)25-22-17)18(10-13)24-14-4-2-3-5-14/h6-7,10,14-15H,2-5,8-9,11-12,20H2,1H3. The van der Waals surface area contributed by atoms with E-state index in [1.165, 1.54) is 12.8 Å². The molecule has 2 aliphatic heterocycles. The Labute approximate surface area is 148 Å². The van der Waals surface area contributed by atoms with Gasteiger partial charge in [-0.15, -0.1) is 0 Å². The predicted octanol–water partition coefficient (Wildman–Crippen LogP) is 2.15. The molecule has 6 heteroatoms. The fourth-order valence-corrected chi connectivity index (χ4v) is 3.74. The Bertz CT molecular complexity index is 695. The van der Waals surface area contributed by atoms with Crippen LogP contribution in [0.2, 0.25) is 0 Å². The number of aliphatic imine (C=N–C) groups is 1. The molecule has 1 unspecified atom stereocenters. The van der Waals surface area contributed by atoms with Gasteiger partial charge in [0.2, 0.25) is 0 Å². The van der Waals surface area contributed by atoms with Crippen LogP contribution in [0.4, 0.5) is 0 Å². The number of nitrogens with two attached hydrogens (primary N) is 1. The van der Waals surface area contributed by atoms with E-state index < -0.39 is 0 Å². The molecule has 25 heavy (non-hydrogen) atoms. The van der Waals surface area contributed by atoms with Gasteiger partial charge in [0.05, 0.1) is 18.4 Å². The lowest BCUT2D eigenvalue weighted by Gasteiger charge is -2.19. The zero-order chi connectivity index (χ0) is 17.2. The molecule has 0 aromatic heterocycles. The molecule has 4 rings (SSSR count). The Morgan fingerprint density at radius 3 is 2.84 bits per heavy atom. The van der Waals surface area contributed by atoms with Crippen molar-refractivity contribution in [3.05, 3.63) is 29.3 Å². The summed E-state index contributed by atoms with van der Waals surface area (Å²) < 4.78 is 6.38. The average molecular weight is 342 g/mol. The highest BCUT2D eigenvalue weighted by Gasteiger charge is 2.26. The van der Waals surface area contributed by atoms with Crippen LogP contribution in [-0.2, 0) is 4.84 Å². The van der Waals surface area contributed by atoms with Gasteiger partial charge in [-0.1, -0.05) is 11.2 Å². The van der Waals surface area contributed by atoms with Crippen LogP contribution >= 0.6 is 0 Å². The summed E-state index contributed by atoms with van der Waals surface area (Å²) in [6.07, 6.45) is 5.74. The van der Waals surface area contributed by atoms with Crippen molar-refractivity contribution < 1.29 is 9.57 Å². The van der Waals surface area contributed by atoms with Gasteiger partial charge in [0.25, 0.3) is 0 Å². The minimum Gasteiger partial charge on any atom is -0.490 e. The molecule has 1 fully saturated rings. The Hall–Kier alpha value is -2.08. The van der Waals surface area contributed by atoms with Gasteiger partial charge >= 0.3 is 0 Å². The van der Waals surface area contributed by atoms with Gasteiger partial charge in [0.15, 0.2) is 0 Å². The van der Waals surface area contributed by atoms with E-state index in [1.807, 2.05) is 0 Å². The molecule has 1 atom stereocenters. The molecule has 2 N–H and O–H groups in total. The van der Waals surface area contributed by atoms with Crippen LogP contribution in [0, 0.1) is 0 Å². The van der Waals surface area contributed by atoms with Crippen LogP contribution in [0.25, 0.3) is 0 Å². The Balaban J connectivity index is 1.65. The van der Waals surface area contributed by atoms with E-state index in [1.54, 1.807) is 0 Å². The van der Waals surface area contributed by atoms with E-state index in [0.29, 0.717) is 12.6 Å². The van der Waals surface area contributed by atoms with Crippen LogP contribution in [0.5, 0.6) is 5.75 Å². The SMILES string of the molecule is CN1CCN=C1c1ccc(C2=NOC(CN)C2)c(OC2CCCC2)c1. The van der Waals surface area contributed by atoms with E-state index in [4.69, 9.17) is 15.3 Å². The third-order valence-corrected chi connectivity index (χ3v) is 5.20. The lowest BCUT2D eigenvalue weighted by atomic mass is 10.0. The molecule has 0 radical (unpaired) electrons. The average Bonchev–Trinajstić information content (AvgIpc) is 3.36. The molecule has 1 aromatic rings. The number of oxime groups is 1. The summed E-state index contributed by atoms with van der Waals surface area (Å²) in [4.78, 5) is 12.2. The molecular formula is C19H26N4O2. The highest BCUT2D eigenvalue weighted by Crippen LogP contribution is 2.31. The second kappa shape index (κ2) is 7.04. The van der Waals surface area contributed by atoms with Gasteiger partial charge in [-0.3, -0.25) is 4.99 Å². The molecule has 134 valence electrons. The molecule has 1 aliphatic carbocycles. The van der Waals surface area contributed by atoms with Crippen LogP contribution in [0.15, 0.2) is 28.3 Å². The normalized spacial score (nSPS) is 23.6. The van der Waals surface area contributed by atoms with Crippen LogP contribution in [0.1, 0.15) is 43.2 Å². The van der Waals surface area contributed by atoms with Crippen molar-refractivity contribution in [2.45, 2.75) is 44.3 Å². The molecule has 6 nitrogen and oxygen atoms in total. The maximum Gasteiger partial charge on any atom is 0.145 e. The first-order chi connectivity index (χ1) is 12.2. The van der Waals surface area contributed by atoms with Gasteiger partial charge in [-0.25, -0.2) is 0 Å². The highest BCUT2D eigenvalue weighted by molar-refractivity contribution is 6.06. The Morgan fingerprint density at radius 1 is 1.32 bits per heavy atom. The van der Waals surface area contributed by atoms with E-state index in [0.717, 1.165) is 60.8 Å². The van der Waals surface area contributed by atoms with Gasteiger partial charge < -0.3 is 20.2 Å². The maximum absolute atomic E-state index is 6.38. The summed E-state index contributed by atoms with van der Waals surface area (Å²) in [6, 6.07) is 6.32. The van der Waals surface area contributed by atoms with Crippen molar-refractivity contribution >= 4 is 11.5 Å². The minimum absolute atomic E-state index is 0.0284. The van der Waals surface area contributed by atoms with E-state index in [9.17, 15) is 0 Å². The Morgan fingerprint density at radius 2 is 2.16 bits per heavy atom. The molecule has 0 spiro atoms. The summed E-state index contributed by atoms with van der Waals surface area (Å²) >= 11 is 0. The third kappa shape index (κ3) is 3.35. The lowest BCUT2D eigenvalue weighted by Crippen LogP contribution is -2.24. The van der Waals surface area contributed by atoms with Crippen molar-refractivity contribution in [1.29, 1.82) is 0 Å². The summed E-state index contributed by atoms with van der Waals surface area (Å²) in [5.41, 5.74) is 8.77. The van der Waals surface area contributed by atoms with Crippen molar-refractivity contribution in [1.82, 2.24) is 4.90 Å². The molecule has 0 bridgehead atoms. The van der Waals surface area contributed by atoms with Gasteiger partial charge in [-0.05, 0) is 37.8 Å². The third-order valence-electron chi connectivity index (χ3n) is 5.20. The lowest BCUT2D eigenvalue weighted by molar-refractivity contribution is 0.0918. The van der Waals surface area contributed by atoms with E-state index in [-0.39, 0.29) is 6.10 Å². The summed E-state index contributed by atoms with van der Waals surface area (Å²) in [5.74, 6) is 1.93. The van der Waals surface area contributed by atoms with Crippen LogP contribution < -0.4 is 10.5 Å². The topological polar surface area (TPSA) is 72.4 Å². The maximum atomic E-state index is 6.38.